The van der Waals surface area contributed by atoms with Crippen molar-refractivity contribution in [2.75, 3.05) is 27.4 Å². The number of ether oxygens (including phenoxy) is 2. The van der Waals surface area contributed by atoms with E-state index in [1.807, 2.05) is 0 Å². The van der Waals surface area contributed by atoms with Crippen molar-refractivity contribution in [3.8, 4) is 0 Å². The van der Waals surface area contributed by atoms with E-state index in [9.17, 15) is 4.79 Å². The lowest BCUT2D eigenvalue weighted by atomic mass is 10.2. The number of amides is 1. The van der Waals surface area contributed by atoms with Crippen LogP contribution in [0.2, 0.25) is 0 Å². The lowest BCUT2D eigenvalue weighted by molar-refractivity contribution is -0.131. The maximum absolute atomic E-state index is 11.7. The molecule has 5 heteroatoms. The second-order valence-electron chi connectivity index (χ2n) is 3.87. The Morgan fingerprint density at radius 1 is 1.53 bits per heavy atom. The fraction of sp³-hybridized carbons (Fsp3) is 0.900. The molecule has 2 unspecified atom stereocenters. The van der Waals surface area contributed by atoms with Crippen molar-refractivity contribution in [3.63, 3.8) is 0 Å². The number of hydrogen-bond acceptors (Lipinski definition) is 4. The fourth-order valence-electron chi connectivity index (χ4n) is 1.56. The van der Waals surface area contributed by atoms with Crippen LogP contribution in [-0.4, -0.2) is 45.4 Å². The first-order valence-electron chi connectivity index (χ1n) is 5.25. The van der Waals surface area contributed by atoms with E-state index in [0.29, 0.717) is 12.5 Å². The van der Waals surface area contributed by atoms with Gasteiger partial charge in [-0.1, -0.05) is 0 Å². The van der Waals surface area contributed by atoms with Gasteiger partial charge in [-0.15, -0.1) is 0 Å². The quantitative estimate of drug-likeness (QED) is 0.602. The topological polar surface area (TPSA) is 73.6 Å². The zero-order valence-electron chi connectivity index (χ0n) is 9.36. The summed E-state index contributed by atoms with van der Waals surface area (Å²) in [5, 5.41) is 2.91. The van der Waals surface area contributed by atoms with Gasteiger partial charge in [0.05, 0.1) is 12.6 Å². The molecule has 0 radical (unpaired) electrons. The summed E-state index contributed by atoms with van der Waals surface area (Å²) in [5.41, 5.74) is 5.41. The summed E-state index contributed by atoms with van der Waals surface area (Å²) in [6, 6.07) is 0.103. The molecule has 5 nitrogen and oxygen atoms in total. The van der Waals surface area contributed by atoms with Crippen LogP contribution in [0.25, 0.3) is 0 Å². The average molecular weight is 216 g/mol. The van der Waals surface area contributed by atoms with Crippen LogP contribution in [0.4, 0.5) is 0 Å². The van der Waals surface area contributed by atoms with Crippen LogP contribution in [0.15, 0.2) is 0 Å². The van der Waals surface area contributed by atoms with Crippen LogP contribution in [0, 0.1) is 5.92 Å². The van der Waals surface area contributed by atoms with Crippen molar-refractivity contribution in [2.45, 2.75) is 25.0 Å². The van der Waals surface area contributed by atoms with E-state index < -0.39 is 6.10 Å². The van der Waals surface area contributed by atoms with E-state index in [-0.39, 0.29) is 18.5 Å². The van der Waals surface area contributed by atoms with Gasteiger partial charge in [-0.3, -0.25) is 4.79 Å². The zero-order chi connectivity index (χ0) is 11.3. The summed E-state index contributed by atoms with van der Waals surface area (Å²) in [6.45, 7) is 0.754. The Balaban J connectivity index is 2.38. The first-order chi connectivity index (χ1) is 7.22. The van der Waals surface area contributed by atoms with Crippen LogP contribution < -0.4 is 11.1 Å². The highest BCUT2D eigenvalue weighted by molar-refractivity contribution is 5.81. The molecule has 3 N–H and O–H groups in total. The third-order valence-electron chi connectivity index (χ3n) is 2.66. The molecule has 0 bridgehead atoms. The summed E-state index contributed by atoms with van der Waals surface area (Å²) in [5.74, 6) is 0.415. The predicted molar refractivity (Wildman–Crippen MR) is 56.4 cm³/mol. The molecule has 0 saturated heterocycles. The Morgan fingerprint density at radius 2 is 2.20 bits per heavy atom. The highest BCUT2D eigenvalue weighted by Gasteiger charge is 2.33. The Morgan fingerprint density at radius 3 is 2.60 bits per heavy atom. The lowest BCUT2D eigenvalue weighted by Crippen LogP contribution is -2.47. The molecule has 0 aromatic rings. The van der Waals surface area contributed by atoms with E-state index in [4.69, 9.17) is 15.2 Å². The predicted octanol–water partition coefficient (Wildman–Crippen LogP) is -0.499. The minimum atomic E-state index is -0.553. The van der Waals surface area contributed by atoms with Crippen LogP contribution in [-0.2, 0) is 14.3 Å². The molecule has 0 heterocycles. The van der Waals surface area contributed by atoms with Crippen molar-refractivity contribution in [1.29, 1.82) is 0 Å². The van der Waals surface area contributed by atoms with Crippen LogP contribution in [0.1, 0.15) is 12.8 Å². The average Bonchev–Trinajstić information content (AvgIpc) is 3.02. The van der Waals surface area contributed by atoms with Gasteiger partial charge >= 0.3 is 0 Å². The molecular formula is C10H20N2O3. The molecule has 1 fully saturated rings. The largest absolute Gasteiger partial charge is 0.383 e. The highest BCUT2D eigenvalue weighted by Crippen LogP contribution is 2.32. The standard InChI is InChI=1S/C10H20N2O3/c1-14-6-8(7-3-4-7)12-10(13)9(5-11)15-2/h7-9H,3-6,11H2,1-2H3,(H,12,13). The zero-order valence-corrected chi connectivity index (χ0v) is 9.36. The van der Waals surface area contributed by atoms with Gasteiger partial charge < -0.3 is 20.5 Å². The first-order valence-corrected chi connectivity index (χ1v) is 5.25. The maximum Gasteiger partial charge on any atom is 0.250 e. The minimum Gasteiger partial charge on any atom is -0.383 e. The summed E-state index contributed by atoms with van der Waals surface area (Å²) in [7, 11) is 3.12. The van der Waals surface area contributed by atoms with Gasteiger partial charge in [0.1, 0.15) is 6.10 Å². The molecule has 0 spiro atoms. The monoisotopic (exact) mass is 216 g/mol. The second-order valence-corrected chi connectivity index (χ2v) is 3.87. The number of carbonyl (C=O) groups is 1. The third-order valence-corrected chi connectivity index (χ3v) is 2.66. The van der Waals surface area contributed by atoms with Crippen molar-refractivity contribution in [1.82, 2.24) is 5.32 Å². The van der Waals surface area contributed by atoms with Gasteiger partial charge in [-0.05, 0) is 18.8 Å². The molecule has 0 aliphatic heterocycles. The number of methoxy groups -OCH3 is 2. The van der Waals surface area contributed by atoms with Gasteiger partial charge in [0, 0.05) is 20.8 Å². The molecule has 1 aliphatic carbocycles. The fourth-order valence-corrected chi connectivity index (χ4v) is 1.56. The van der Waals surface area contributed by atoms with Gasteiger partial charge in [0.25, 0.3) is 5.91 Å². The Hall–Kier alpha value is -0.650. The lowest BCUT2D eigenvalue weighted by Gasteiger charge is -2.20. The number of nitrogens with two attached hydrogens (primary N) is 1. The number of nitrogens with one attached hydrogen (secondary N) is 1. The van der Waals surface area contributed by atoms with Crippen molar-refractivity contribution < 1.29 is 14.3 Å². The smallest absolute Gasteiger partial charge is 0.250 e. The highest BCUT2D eigenvalue weighted by atomic mass is 16.5. The number of hydrogen-bond donors (Lipinski definition) is 2. The Labute approximate surface area is 90.3 Å². The first kappa shape index (κ1) is 12.4. The van der Waals surface area contributed by atoms with E-state index in [0.717, 1.165) is 12.8 Å². The van der Waals surface area contributed by atoms with Gasteiger partial charge in [0.15, 0.2) is 0 Å². The Bertz CT molecular complexity index is 203. The molecule has 1 saturated carbocycles. The SMILES string of the molecule is COCC(NC(=O)C(CN)OC)C1CC1. The van der Waals surface area contributed by atoms with Crippen LogP contribution in [0.3, 0.4) is 0 Å². The van der Waals surface area contributed by atoms with E-state index in [2.05, 4.69) is 5.32 Å². The van der Waals surface area contributed by atoms with Gasteiger partial charge in [-0.2, -0.15) is 0 Å². The van der Waals surface area contributed by atoms with Crippen LogP contribution >= 0.6 is 0 Å². The van der Waals surface area contributed by atoms with Crippen LogP contribution in [0.5, 0.6) is 0 Å². The third kappa shape index (κ3) is 3.77. The molecule has 15 heavy (non-hydrogen) atoms. The van der Waals surface area contributed by atoms with Gasteiger partial charge in [-0.25, -0.2) is 0 Å². The van der Waals surface area contributed by atoms with Crippen molar-refractivity contribution >= 4 is 5.91 Å². The van der Waals surface area contributed by atoms with Gasteiger partial charge in [0.2, 0.25) is 0 Å². The van der Waals surface area contributed by atoms with E-state index in [1.54, 1.807) is 7.11 Å². The van der Waals surface area contributed by atoms with Crippen molar-refractivity contribution in [3.05, 3.63) is 0 Å². The second kappa shape index (κ2) is 6.05. The summed E-state index contributed by atoms with van der Waals surface area (Å²) in [4.78, 5) is 11.7. The summed E-state index contributed by atoms with van der Waals surface area (Å²) >= 11 is 0. The molecule has 0 aromatic heterocycles. The number of rotatable bonds is 7. The normalized spacial score (nSPS) is 19.7. The molecule has 1 rings (SSSR count). The van der Waals surface area contributed by atoms with Crippen molar-refractivity contribution in [2.24, 2.45) is 11.7 Å². The number of carbonyl (C=O) groups excluding carboxylic acids is 1. The molecule has 1 amide bonds. The molecule has 2 atom stereocenters. The maximum atomic E-state index is 11.7. The molecule has 88 valence electrons. The van der Waals surface area contributed by atoms with E-state index in [1.165, 1.54) is 7.11 Å². The Kier molecular flexibility index (Phi) is 5.01. The molecular weight excluding hydrogens is 196 g/mol. The summed E-state index contributed by atoms with van der Waals surface area (Å²) in [6.07, 6.45) is 1.77. The minimum absolute atomic E-state index is 0.103. The van der Waals surface area contributed by atoms with E-state index >= 15 is 0 Å². The molecule has 1 aliphatic rings. The summed E-state index contributed by atoms with van der Waals surface area (Å²) < 4.78 is 10.0. The molecule has 0 aromatic carbocycles.